The molecular formula is C11H23NO. The highest BCUT2D eigenvalue weighted by atomic mass is 16.3. The minimum Gasteiger partial charge on any atom is -0.396 e. The zero-order valence-corrected chi connectivity index (χ0v) is 9.00. The fourth-order valence-electron chi connectivity index (χ4n) is 1.83. The normalized spacial score (nSPS) is 21.2. The zero-order chi connectivity index (χ0) is 9.68. The Hall–Kier alpha value is -0.0800. The van der Waals surface area contributed by atoms with Gasteiger partial charge in [-0.3, -0.25) is 0 Å². The second-order valence-electron chi connectivity index (χ2n) is 4.65. The van der Waals surface area contributed by atoms with Gasteiger partial charge in [-0.05, 0) is 50.7 Å². The van der Waals surface area contributed by atoms with E-state index in [2.05, 4.69) is 18.7 Å². The number of hydrogen-bond acceptors (Lipinski definition) is 2. The van der Waals surface area contributed by atoms with Crippen LogP contribution in [0.25, 0.3) is 0 Å². The highest BCUT2D eigenvalue weighted by Gasteiger charge is 2.17. The number of nitrogens with zero attached hydrogens (tertiary/aromatic N) is 1. The summed E-state index contributed by atoms with van der Waals surface area (Å²) in [7, 11) is 0. The first kappa shape index (κ1) is 11.0. The van der Waals surface area contributed by atoms with E-state index in [1.165, 1.54) is 38.9 Å². The second kappa shape index (κ2) is 5.61. The standard InChI is InChI=1S/C11H23NO/c1-10(2)3-6-12-7-4-11(9-13)5-8-12/h10-11,13H,3-9H2,1-2H3. The van der Waals surface area contributed by atoms with Crippen LogP contribution >= 0.6 is 0 Å². The molecule has 1 heterocycles. The molecule has 0 unspecified atom stereocenters. The van der Waals surface area contributed by atoms with E-state index in [0.29, 0.717) is 12.5 Å². The van der Waals surface area contributed by atoms with Gasteiger partial charge in [-0.15, -0.1) is 0 Å². The molecule has 2 heteroatoms. The van der Waals surface area contributed by atoms with Crippen LogP contribution in [0.2, 0.25) is 0 Å². The highest BCUT2D eigenvalue weighted by molar-refractivity contribution is 4.71. The topological polar surface area (TPSA) is 23.5 Å². The first-order chi connectivity index (χ1) is 6.22. The van der Waals surface area contributed by atoms with E-state index >= 15 is 0 Å². The first-order valence-corrected chi connectivity index (χ1v) is 5.55. The van der Waals surface area contributed by atoms with Crippen LogP contribution in [0.5, 0.6) is 0 Å². The van der Waals surface area contributed by atoms with Gasteiger partial charge in [-0.25, -0.2) is 0 Å². The lowest BCUT2D eigenvalue weighted by Gasteiger charge is -2.31. The quantitative estimate of drug-likeness (QED) is 0.721. The van der Waals surface area contributed by atoms with Gasteiger partial charge in [-0.1, -0.05) is 13.8 Å². The smallest absolute Gasteiger partial charge is 0.0460 e. The molecule has 1 saturated heterocycles. The lowest BCUT2D eigenvalue weighted by Crippen LogP contribution is -2.35. The molecule has 2 nitrogen and oxygen atoms in total. The van der Waals surface area contributed by atoms with Crippen molar-refractivity contribution in [3.8, 4) is 0 Å². The molecule has 0 saturated carbocycles. The van der Waals surface area contributed by atoms with Crippen LogP contribution < -0.4 is 0 Å². The van der Waals surface area contributed by atoms with Crippen molar-refractivity contribution in [2.24, 2.45) is 11.8 Å². The van der Waals surface area contributed by atoms with Crippen LogP contribution in [0.3, 0.4) is 0 Å². The van der Waals surface area contributed by atoms with E-state index in [1.54, 1.807) is 0 Å². The molecule has 0 spiro atoms. The van der Waals surface area contributed by atoms with Crippen molar-refractivity contribution in [2.75, 3.05) is 26.2 Å². The van der Waals surface area contributed by atoms with E-state index in [1.807, 2.05) is 0 Å². The Bertz CT molecular complexity index is 128. The summed E-state index contributed by atoms with van der Waals surface area (Å²) in [6.45, 7) is 8.57. The lowest BCUT2D eigenvalue weighted by molar-refractivity contribution is 0.128. The van der Waals surface area contributed by atoms with Gasteiger partial charge in [0, 0.05) is 6.61 Å². The van der Waals surface area contributed by atoms with Crippen LogP contribution in [0, 0.1) is 11.8 Å². The van der Waals surface area contributed by atoms with Crippen LogP contribution in [-0.4, -0.2) is 36.2 Å². The molecule has 0 radical (unpaired) electrons. The molecule has 0 bridgehead atoms. The predicted octanol–water partition coefficient (Wildman–Crippen LogP) is 1.74. The van der Waals surface area contributed by atoms with Gasteiger partial charge in [0.25, 0.3) is 0 Å². The Morgan fingerprint density at radius 1 is 1.31 bits per heavy atom. The summed E-state index contributed by atoms with van der Waals surface area (Å²) in [5.74, 6) is 1.39. The Labute approximate surface area is 81.9 Å². The van der Waals surface area contributed by atoms with Crippen molar-refractivity contribution in [3.63, 3.8) is 0 Å². The van der Waals surface area contributed by atoms with Gasteiger partial charge < -0.3 is 10.0 Å². The van der Waals surface area contributed by atoms with Crippen molar-refractivity contribution in [2.45, 2.75) is 33.1 Å². The number of hydrogen-bond donors (Lipinski definition) is 1. The van der Waals surface area contributed by atoms with Crippen molar-refractivity contribution in [1.82, 2.24) is 4.90 Å². The number of aliphatic hydroxyl groups excluding tert-OH is 1. The largest absolute Gasteiger partial charge is 0.396 e. The summed E-state index contributed by atoms with van der Waals surface area (Å²) in [6.07, 6.45) is 3.69. The SMILES string of the molecule is CC(C)CCN1CCC(CO)CC1. The maximum absolute atomic E-state index is 8.98. The molecule has 1 fully saturated rings. The van der Waals surface area contributed by atoms with E-state index in [0.717, 1.165) is 5.92 Å². The lowest BCUT2D eigenvalue weighted by atomic mass is 9.97. The van der Waals surface area contributed by atoms with Crippen molar-refractivity contribution < 1.29 is 5.11 Å². The summed E-state index contributed by atoms with van der Waals surface area (Å²) in [5, 5.41) is 8.98. The van der Waals surface area contributed by atoms with Crippen LogP contribution in [0.4, 0.5) is 0 Å². The van der Waals surface area contributed by atoms with Gasteiger partial charge in [0.2, 0.25) is 0 Å². The van der Waals surface area contributed by atoms with Crippen molar-refractivity contribution >= 4 is 0 Å². The fraction of sp³-hybridized carbons (Fsp3) is 1.00. The van der Waals surface area contributed by atoms with E-state index in [4.69, 9.17) is 5.11 Å². The Balaban J connectivity index is 2.10. The number of piperidine rings is 1. The number of likely N-dealkylation sites (tertiary alicyclic amines) is 1. The molecule has 0 aromatic rings. The fourth-order valence-corrected chi connectivity index (χ4v) is 1.83. The molecule has 13 heavy (non-hydrogen) atoms. The van der Waals surface area contributed by atoms with Crippen LogP contribution in [0.15, 0.2) is 0 Å². The molecule has 0 atom stereocenters. The van der Waals surface area contributed by atoms with Crippen molar-refractivity contribution in [3.05, 3.63) is 0 Å². The van der Waals surface area contributed by atoms with Crippen LogP contribution in [-0.2, 0) is 0 Å². The molecule has 0 aromatic carbocycles. The summed E-state index contributed by atoms with van der Waals surface area (Å²) in [5.41, 5.74) is 0. The summed E-state index contributed by atoms with van der Waals surface area (Å²) < 4.78 is 0. The molecule has 1 N–H and O–H groups in total. The monoisotopic (exact) mass is 185 g/mol. The molecule has 1 aliphatic heterocycles. The summed E-state index contributed by atoms with van der Waals surface area (Å²) in [6, 6.07) is 0. The molecule has 1 aliphatic rings. The van der Waals surface area contributed by atoms with Crippen LogP contribution in [0.1, 0.15) is 33.1 Å². The van der Waals surface area contributed by atoms with E-state index < -0.39 is 0 Å². The zero-order valence-electron chi connectivity index (χ0n) is 9.00. The highest BCUT2D eigenvalue weighted by Crippen LogP contribution is 2.16. The van der Waals surface area contributed by atoms with Gasteiger partial charge in [0.1, 0.15) is 0 Å². The average molecular weight is 185 g/mol. The van der Waals surface area contributed by atoms with Gasteiger partial charge in [0.15, 0.2) is 0 Å². The predicted molar refractivity (Wildman–Crippen MR) is 55.7 cm³/mol. The van der Waals surface area contributed by atoms with E-state index in [-0.39, 0.29) is 0 Å². The Kier molecular flexibility index (Phi) is 4.74. The summed E-state index contributed by atoms with van der Waals surface area (Å²) in [4.78, 5) is 2.53. The Morgan fingerprint density at radius 2 is 1.92 bits per heavy atom. The maximum atomic E-state index is 8.98. The van der Waals surface area contributed by atoms with Crippen molar-refractivity contribution in [1.29, 1.82) is 0 Å². The second-order valence-corrected chi connectivity index (χ2v) is 4.65. The molecule has 0 aromatic heterocycles. The number of rotatable bonds is 4. The molecule has 0 amide bonds. The number of aliphatic hydroxyl groups is 1. The molecule has 78 valence electrons. The molecule has 0 aliphatic carbocycles. The average Bonchev–Trinajstić information content (AvgIpc) is 2.15. The molecular weight excluding hydrogens is 162 g/mol. The summed E-state index contributed by atoms with van der Waals surface area (Å²) >= 11 is 0. The Morgan fingerprint density at radius 3 is 2.38 bits per heavy atom. The first-order valence-electron chi connectivity index (χ1n) is 5.55. The molecule has 1 rings (SSSR count). The van der Waals surface area contributed by atoms with Gasteiger partial charge in [-0.2, -0.15) is 0 Å². The van der Waals surface area contributed by atoms with Gasteiger partial charge >= 0.3 is 0 Å². The van der Waals surface area contributed by atoms with E-state index in [9.17, 15) is 0 Å². The maximum Gasteiger partial charge on any atom is 0.0460 e. The third kappa shape index (κ3) is 4.10. The third-order valence-corrected chi connectivity index (χ3v) is 2.99. The van der Waals surface area contributed by atoms with Gasteiger partial charge in [0.05, 0.1) is 0 Å². The minimum atomic E-state index is 0.387. The third-order valence-electron chi connectivity index (χ3n) is 2.99. The minimum absolute atomic E-state index is 0.387.